The monoisotopic (exact) mass is 312 g/mol. The summed E-state index contributed by atoms with van der Waals surface area (Å²) >= 11 is 0. The lowest BCUT2D eigenvalue weighted by atomic mass is 9.83. The van der Waals surface area contributed by atoms with Crippen LogP contribution in [0.1, 0.15) is 19.3 Å². The molecule has 120 valence electrons. The lowest BCUT2D eigenvalue weighted by molar-refractivity contribution is 0.314. The van der Waals surface area contributed by atoms with Crippen molar-refractivity contribution >= 4 is 5.95 Å². The third kappa shape index (κ3) is 2.97. The molecule has 2 heterocycles. The molecule has 0 bridgehead atoms. The van der Waals surface area contributed by atoms with Crippen LogP contribution in [0.3, 0.4) is 0 Å². The van der Waals surface area contributed by atoms with Gasteiger partial charge >= 0.3 is 0 Å². The van der Waals surface area contributed by atoms with E-state index in [0.29, 0.717) is 29.6 Å². The summed E-state index contributed by atoms with van der Waals surface area (Å²) in [6, 6.07) is 10.2. The number of hydrazine groups is 1. The molecule has 1 aliphatic carbocycles. The van der Waals surface area contributed by atoms with E-state index in [4.69, 9.17) is 0 Å². The molecular formula is C16H20N6O. The molecule has 2 aliphatic rings. The van der Waals surface area contributed by atoms with Crippen LogP contribution in [0.15, 0.2) is 35.1 Å². The van der Waals surface area contributed by atoms with Crippen LogP contribution in [0.25, 0.3) is 11.3 Å². The number of fused-ring (bicyclic) bond motifs is 1. The first-order valence-electron chi connectivity index (χ1n) is 8.07. The Morgan fingerprint density at radius 2 is 2.00 bits per heavy atom. The molecule has 23 heavy (non-hydrogen) atoms. The number of aromatic nitrogens is 3. The second-order valence-electron chi connectivity index (χ2n) is 6.26. The fourth-order valence-corrected chi connectivity index (χ4v) is 3.49. The molecule has 2 fully saturated rings. The molecule has 1 aliphatic heterocycles. The summed E-state index contributed by atoms with van der Waals surface area (Å²) in [6.45, 7) is 1.04. The van der Waals surface area contributed by atoms with E-state index < -0.39 is 0 Å². The van der Waals surface area contributed by atoms with Crippen LogP contribution in [-0.2, 0) is 0 Å². The summed E-state index contributed by atoms with van der Waals surface area (Å²) in [5, 5.41) is 11.6. The number of nitrogens with one attached hydrogen (secondary N) is 4. The molecule has 3 unspecified atom stereocenters. The van der Waals surface area contributed by atoms with E-state index in [0.717, 1.165) is 24.9 Å². The first kappa shape index (κ1) is 14.3. The van der Waals surface area contributed by atoms with Crippen molar-refractivity contribution in [2.75, 3.05) is 11.9 Å². The largest absolute Gasteiger partial charge is 0.352 e. The summed E-state index contributed by atoms with van der Waals surface area (Å²) in [5.41, 5.74) is 7.44. The molecule has 4 rings (SSSR count). The Hall–Kier alpha value is -2.25. The van der Waals surface area contributed by atoms with Crippen molar-refractivity contribution in [1.82, 2.24) is 26.0 Å². The SMILES string of the molecule is O=c1[nH]c(NC2CCC3CNNC3C2)nnc1-c1ccccc1. The number of hydrogen-bond donors (Lipinski definition) is 4. The smallest absolute Gasteiger partial charge is 0.279 e. The molecule has 0 amide bonds. The molecule has 0 spiro atoms. The quantitative estimate of drug-likeness (QED) is 0.672. The van der Waals surface area contributed by atoms with Gasteiger partial charge in [0, 0.05) is 24.2 Å². The van der Waals surface area contributed by atoms with Crippen LogP contribution >= 0.6 is 0 Å². The summed E-state index contributed by atoms with van der Waals surface area (Å²) < 4.78 is 0. The van der Waals surface area contributed by atoms with Crippen molar-refractivity contribution in [1.29, 1.82) is 0 Å². The molecule has 3 atom stereocenters. The fraction of sp³-hybridized carbons (Fsp3) is 0.438. The van der Waals surface area contributed by atoms with Gasteiger partial charge in [0.15, 0.2) is 5.69 Å². The Bertz CT molecular complexity index is 731. The molecule has 1 saturated carbocycles. The molecule has 1 aromatic carbocycles. The van der Waals surface area contributed by atoms with E-state index in [1.165, 1.54) is 6.42 Å². The highest BCUT2D eigenvalue weighted by Gasteiger charge is 2.33. The topological polar surface area (TPSA) is 94.7 Å². The van der Waals surface area contributed by atoms with Gasteiger partial charge in [-0.2, -0.15) is 0 Å². The van der Waals surface area contributed by atoms with Crippen LogP contribution in [0.2, 0.25) is 0 Å². The van der Waals surface area contributed by atoms with E-state index in [9.17, 15) is 4.79 Å². The molecule has 2 aromatic rings. The number of H-pyrrole nitrogens is 1. The third-order valence-corrected chi connectivity index (χ3v) is 4.73. The molecule has 4 N–H and O–H groups in total. The second-order valence-corrected chi connectivity index (χ2v) is 6.26. The Morgan fingerprint density at radius 1 is 1.13 bits per heavy atom. The van der Waals surface area contributed by atoms with Crippen LogP contribution in [-0.4, -0.2) is 33.8 Å². The van der Waals surface area contributed by atoms with Crippen LogP contribution in [0.5, 0.6) is 0 Å². The molecular weight excluding hydrogens is 292 g/mol. The molecule has 7 heteroatoms. The van der Waals surface area contributed by atoms with Crippen LogP contribution in [0.4, 0.5) is 5.95 Å². The maximum absolute atomic E-state index is 12.2. The lowest BCUT2D eigenvalue weighted by Gasteiger charge is -2.31. The number of anilines is 1. The minimum atomic E-state index is -0.219. The predicted octanol–water partition coefficient (Wildman–Crippen LogP) is 0.889. The van der Waals surface area contributed by atoms with Gasteiger partial charge in [-0.1, -0.05) is 30.3 Å². The molecule has 0 radical (unpaired) electrons. The number of nitrogens with zero attached hydrogens (tertiary/aromatic N) is 2. The highest BCUT2D eigenvalue weighted by Crippen LogP contribution is 2.27. The van der Waals surface area contributed by atoms with Gasteiger partial charge in [-0.3, -0.25) is 20.6 Å². The van der Waals surface area contributed by atoms with E-state index in [2.05, 4.69) is 31.3 Å². The average Bonchev–Trinajstić information content (AvgIpc) is 3.03. The van der Waals surface area contributed by atoms with Gasteiger partial charge in [0.05, 0.1) is 0 Å². The Balaban J connectivity index is 1.48. The van der Waals surface area contributed by atoms with Crippen molar-refractivity contribution < 1.29 is 0 Å². The van der Waals surface area contributed by atoms with Crippen molar-refractivity contribution in [3.8, 4) is 11.3 Å². The van der Waals surface area contributed by atoms with Gasteiger partial charge in [0.2, 0.25) is 5.95 Å². The molecule has 7 nitrogen and oxygen atoms in total. The number of hydrogen-bond acceptors (Lipinski definition) is 6. The summed E-state index contributed by atoms with van der Waals surface area (Å²) in [4.78, 5) is 15.0. The lowest BCUT2D eigenvalue weighted by Crippen LogP contribution is -2.41. The zero-order valence-electron chi connectivity index (χ0n) is 12.7. The minimum absolute atomic E-state index is 0.219. The number of rotatable bonds is 3. The van der Waals surface area contributed by atoms with Gasteiger partial charge in [-0.15, -0.1) is 10.2 Å². The average molecular weight is 312 g/mol. The van der Waals surface area contributed by atoms with Crippen LogP contribution < -0.4 is 21.7 Å². The van der Waals surface area contributed by atoms with Gasteiger partial charge in [-0.05, 0) is 25.2 Å². The highest BCUT2D eigenvalue weighted by atomic mass is 16.1. The Labute approximate surface area is 133 Å². The summed E-state index contributed by atoms with van der Waals surface area (Å²) in [6.07, 6.45) is 3.26. The predicted molar refractivity (Wildman–Crippen MR) is 87.8 cm³/mol. The highest BCUT2D eigenvalue weighted by molar-refractivity contribution is 5.57. The van der Waals surface area contributed by atoms with Gasteiger partial charge in [-0.25, -0.2) is 0 Å². The first-order chi connectivity index (χ1) is 11.3. The van der Waals surface area contributed by atoms with E-state index in [1.54, 1.807) is 0 Å². The minimum Gasteiger partial charge on any atom is -0.352 e. The Kier molecular flexibility index (Phi) is 3.80. The van der Waals surface area contributed by atoms with Gasteiger partial charge in [0.1, 0.15) is 0 Å². The van der Waals surface area contributed by atoms with Gasteiger partial charge in [0.25, 0.3) is 5.56 Å². The second kappa shape index (κ2) is 6.10. The van der Waals surface area contributed by atoms with E-state index in [1.807, 2.05) is 30.3 Å². The first-order valence-corrected chi connectivity index (χ1v) is 8.07. The van der Waals surface area contributed by atoms with Crippen molar-refractivity contribution in [2.45, 2.75) is 31.3 Å². The maximum atomic E-state index is 12.2. The normalized spacial score (nSPS) is 26.7. The van der Waals surface area contributed by atoms with Crippen molar-refractivity contribution in [3.63, 3.8) is 0 Å². The summed E-state index contributed by atoms with van der Waals surface area (Å²) in [7, 11) is 0. The summed E-state index contributed by atoms with van der Waals surface area (Å²) in [5.74, 6) is 1.16. The van der Waals surface area contributed by atoms with Crippen molar-refractivity contribution in [3.05, 3.63) is 40.7 Å². The standard InChI is InChI=1S/C16H20N6O/c23-15-14(10-4-2-1-3-5-10)21-22-16(19-15)18-12-7-6-11-9-17-20-13(11)8-12/h1-5,11-13,17,20H,6-9H2,(H2,18,19,22,23). The fourth-order valence-electron chi connectivity index (χ4n) is 3.49. The third-order valence-electron chi connectivity index (χ3n) is 4.73. The molecule has 1 aromatic heterocycles. The van der Waals surface area contributed by atoms with Crippen LogP contribution in [0, 0.1) is 5.92 Å². The number of aromatic amines is 1. The van der Waals surface area contributed by atoms with Gasteiger partial charge < -0.3 is 5.32 Å². The Morgan fingerprint density at radius 3 is 2.83 bits per heavy atom. The maximum Gasteiger partial charge on any atom is 0.279 e. The van der Waals surface area contributed by atoms with E-state index >= 15 is 0 Å². The van der Waals surface area contributed by atoms with Crippen molar-refractivity contribution in [2.24, 2.45) is 5.92 Å². The zero-order chi connectivity index (χ0) is 15.6. The molecule has 1 saturated heterocycles. The zero-order valence-corrected chi connectivity index (χ0v) is 12.7. The number of benzene rings is 1. The van der Waals surface area contributed by atoms with E-state index in [-0.39, 0.29) is 5.56 Å².